The molecular weight excluding hydrogens is 466 g/mol. The second kappa shape index (κ2) is 11.7. The van der Waals surface area contributed by atoms with Gasteiger partial charge in [-0.2, -0.15) is 0 Å². The van der Waals surface area contributed by atoms with Crippen molar-refractivity contribution in [2.45, 2.75) is 40.4 Å². The van der Waals surface area contributed by atoms with Crippen molar-refractivity contribution >= 4 is 0 Å². The molecule has 0 spiro atoms. The number of halogens is 2. The summed E-state index contributed by atoms with van der Waals surface area (Å²) in [7, 11) is 2.02. The van der Waals surface area contributed by atoms with Gasteiger partial charge in [-0.25, -0.2) is 18.3 Å². The maximum Gasteiger partial charge on any atom is 0.243 e. The van der Waals surface area contributed by atoms with Gasteiger partial charge in [0.2, 0.25) is 12.7 Å². The van der Waals surface area contributed by atoms with Crippen molar-refractivity contribution in [3.63, 3.8) is 0 Å². The Hall–Kier alpha value is -0.120. The molecule has 2 aromatic rings. The topological polar surface area (TPSA) is 17.6 Å². The SMILES string of the molecule is CCn1cc[n+](C)c1.CCn1cc[n+](CC)c1.[I-].[I-]. The highest BCUT2D eigenvalue weighted by molar-refractivity contribution is 4.64. The lowest BCUT2D eigenvalue weighted by atomic mass is 10.7. The van der Waals surface area contributed by atoms with Crippen molar-refractivity contribution in [3.05, 3.63) is 37.4 Å². The van der Waals surface area contributed by atoms with Crippen molar-refractivity contribution in [2.24, 2.45) is 7.05 Å². The standard InChI is InChI=1S/C7H13N2.C6H11N2.2HI/c1-3-8-5-6-9(4-2)7-8;1-3-8-5-4-7(2)6-8;;/h5-7H,3-4H2,1-2H3;4-6H,3H2,1-2H3;2*1H/q2*+1;;/p-2. The Labute approximate surface area is 150 Å². The van der Waals surface area contributed by atoms with Crippen LogP contribution in [0.2, 0.25) is 0 Å². The van der Waals surface area contributed by atoms with E-state index in [-0.39, 0.29) is 48.0 Å². The molecule has 0 amide bonds. The number of imidazole rings is 2. The van der Waals surface area contributed by atoms with E-state index in [2.05, 4.69) is 65.7 Å². The zero-order valence-corrected chi connectivity index (χ0v) is 16.4. The molecule has 6 heteroatoms. The molecule has 0 aliphatic rings. The molecule has 0 atom stereocenters. The quantitative estimate of drug-likeness (QED) is 0.304. The molecule has 0 aliphatic carbocycles. The van der Waals surface area contributed by atoms with Crippen molar-refractivity contribution in [3.8, 4) is 0 Å². The van der Waals surface area contributed by atoms with Gasteiger partial charge in [0.1, 0.15) is 24.8 Å². The van der Waals surface area contributed by atoms with Gasteiger partial charge in [0.05, 0.1) is 26.7 Å². The molecule has 2 aromatic heterocycles. The Morgan fingerprint density at radius 2 is 1.37 bits per heavy atom. The van der Waals surface area contributed by atoms with Crippen LogP contribution in [0.3, 0.4) is 0 Å². The predicted molar refractivity (Wildman–Crippen MR) is 67.3 cm³/mol. The van der Waals surface area contributed by atoms with Gasteiger partial charge in [-0.1, -0.05) is 0 Å². The Balaban J connectivity index is 0. The molecule has 2 rings (SSSR count). The van der Waals surface area contributed by atoms with Gasteiger partial charge >= 0.3 is 0 Å². The van der Waals surface area contributed by atoms with Crippen molar-refractivity contribution in [1.82, 2.24) is 9.13 Å². The molecule has 0 saturated heterocycles. The number of hydrogen-bond donors (Lipinski definition) is 0. The average molecular weight is 490 g/mol. The number of aromatic nitrogens is 4. The van der Waals surface area contributed by atoms with E-state index in [0.29, 0.717) is 0 Å². The fourth-order valence-corrected chi connectivity index (χ4v) is 1.50. The van der Waals surface area contributed by atoms with E-state index >= 15 is 0 Å². The van der Waals surface area contributed by atoms with Gasteiger partial charge in [0, 0.05) is 0 Å². The lowest BCUT2D eigenvalue weighted by Gasteiger charge is -1.84. The smallest absolute Gasteiger partial charge is 0.243 e. The summed E-state index contributed by atoms with van der Waals surface area (Å²) in [5.41, 5.74) is 0. The van der Waals surface area contributed by atoms with Crippen LogP contribution < -0.4 is 57.1 Å². The van der Waals surface area contributed by atoms with E-state index in [9.17, 15) is 0 Å². The summed E-state index contributed by atoms with van der Waals surface area (Å²) >= 11 is 0. The van der Waals surface area contributed by atoms with Crippen LogP contribution in [0.1, 0.15) is 20.8 Å². The summed E-state index contributed by atoms with van der Waals surface area (Å²) in [5.74, 6) is 0. The Bertz CT molecular complexity index is 419. The van der Waals surface area contributed by atoms with E-state index < -0.39 is 0 Å². The van der Waals surface area contributed by atoms with Crippen molar-refractivity contribution < 1.29 is 57.1 Å². The molecule has 0 radical (unpaired) electrons. The molecule has 4 nitrogen and oxygen atoms in total. The summed E-state index contributed by atoms with van der Waals surface area (Å²) in [6.45, 7) is 9.58. The van der Waals surface area contributed by atoms with Crippen LogP contribution in [-0.4, -0.2) is 9.13 Å². The molecule has 0 bridgehead atoms. The predicted octanol–water partition coefficient (Wildman–Crippen LogP) is -4.84. The van der Waals surface area contributed by atoms with Gasteiger partial charge < -0.3 is 48.0 Å². The Morgan fingerprint density at radius 3 is 1.63 bits per heavy atom. The molecule has 2 heterocycles. The largest absolute Gasteiger partial charge is 1.00 e. The Morgan fingerprint density at radius 1 is 0.842 bits per heavy atom. The van der Waals surface area contributed by atoms with Gasteiger partial charge in [-0.15, -0.1) is 0 Å². The summed E-state index contributed by atoms with van der Waals surface area (Å²) in [6, 6.07) is 0. The first kappa shape index (κ1) is 21.2. The number of hydrogen-bond acceptors (Lipinski definition) is 0. The second-order valence-electron chi connectivity index (χ2n) is 3.98. The van der Waals surface area contributed by atoms with Crippen LogP contribution in [0.25, 0.3) is 0 Å². The van der Waals surface area contributed by atoms with Crippen LogP contribution >= 0.6 is 0 Å². The summed E-state index contributed by atoms with van der Waals surface area (Å²) in [6.07, 6.45) is 12.4. The van der Waals surface area contributed by atoms with E-state index in [4.69, 9.17) is 0 Å². The lowest BCUT2D eigenvalue weighted by Crippen LogP contribution is -3.00. The molecule has 0 unspecified atom stereocenters. The van der Waals surface area contributed by atoms with Crippen LogP contribution in [0.5, 0.6) is 0 Å². The number of rotatable bonds is 3. The number of nitrogens with zero attached hydrogens (tertiary/aromatic N) is 4. The van der Waals surface area contributed by atoms with Crippen LogP contribution in [0.4, 0.5) is 0 Å². The monoisotopic (exact) mass is 490 g/mol. The van der Waals surface area contributed by atoms with Gasteiger partial charge in [-0.05, 0) is 20.8 Å². The summed E-state index contributed by atoms with van der Waals surface area (Å²) in [5, 5.41) is 0. The van der Waals surface area contributed by atoms with Gasteiger partial charge in [0.25, 0.3) is 0 Å². The number of aryl methyl sites for hydroxylation is 4. The van der Waals surface area contributed by atoms with E-state index in [1.54, 1.807) is 0 Å². The van der Waals surface area contributed by atoms with Crippen molar-refractivity contribution in [2.75, 3.05) is 0 Å². The molecular formula is C13H24I2N4. The highest BCUT2D eigenvalue weighted by Crippen LogP contribution is 1.81. The lowest BCUT2D eigenvalue weighted by molar-refractivity contribution is -0.693. The van der Waals surface area contributed by atoms with E-state index in [0.717, 1.165) is 19.6 Å². The first-order valence-corrected chi connectivity index (χ1v) is 6.25. The highest BCUT2D eigenvalue weighted by Gasteiger charge is 1.95. The maximum atomic E-state index is 2.16. The molecule has 19 heavy (non-hydrogen) atoms. The molecule has 0 fully saturated rings. The minimum Gasteiger partial charge on any atom is -1.00 e. The molecule has 0 N–H and O–H groups in total. The average Bonchev–Trinajstić information content (AvgIpc) is 2.97. The maximum absolute atomic E-state index is 2.16. The minimum atomic E-state index is 0. The summed E-state index contributed by atoms with van der Waals surface area (Å²) < 4.78 is 8.47. The molecule has 0 aromatic carbocycles. The van der Waals surface area contributed by atoms with Crippen molar-refractivity contribution in [1.29, 1.82) is 0 Å². The molecule has 110 valence electrons. The van der Waals surface area contributed by atoms with Crippen LogP contribution in [0.15, 0.2) is 37.4 Å². The zero-order valence-electron chi connectivity index (χ0n) is 12.1. The van der Waals surface area contributed by atoms with Crippen LogP contribution in [0, 0.1) is 0 Å². The third-order valence-corrected chi connectivity index (χ3v) is 2.67. The highest BCUT2D eigenvalue weighted by atomic mass is 127. The van der Waals surface area contributed by atoms with E-state index in [1.165, 1.54) is 0 Å². The zero-order chi connectivity index (χ0) is 12.7. The fourth-order valence-electron chi connectivity index (χ4n) is 1.50. The summed E-state index contributed by atoms with van der Waals surface area (Å²) in [4.78, 5) is 0. The van der Waals surface area contributed by atoms with E-state index in [1.807, 2.05) is 17.8 Å². The Kier molecular flexibility index (Phi) is 13.0. The first-order chi connectivity index (χ1) is 8.19. The molecule has 0 aliphatic heterocycles. The van der Waals surface area contributed by atoms with Gasteiger partial charge in [-0.3, -0.25) is 0 Å². The molecule has 0 saturated carbocycles. The third-order valence-electron chi connectivity index (χ3n) is 2.67. The van der Waals surface area contributed by atoms with Gasteiger partial charge in [0.15, 0.2) is 0 Å². The fraction of sp³-hybridized carbons (Fsp3) is 0.538. The minimum absolute atomic E-state index is 0. The van der Waals surface area contributed by atoms with Crippen LogP contribution in [-0.2, 0) is 26.7 Å². The normalized spacial score (nSPS) is 8.84. The second-order valence-corrected chi connectivity index (χ2v) is 3.98. The first-order valence-electron chi connectivity index (χ1n) is 6.25. The third kappa shape index (κ3) is 7.91.